The van der Waals surface area contributed by atoms with Crippen LogP contribution in [0.15, 0.2) is 24.3 Å². The lowest BCUT2D eigenvalue weighted by Gasteiger charge is -2.26. The summed E-state index contributed by atoms with van der Waals surface area (Å²) in [5.74, 6) is 1.21. The molecule has 1 fully saturated rings. The molecule has 1 aliphatic heterocycles. The Balaban J connectivity index is 1.77. The van der Waals surface area contributed by atoms with Crippen molar-refractivity contribution < 1.29 is 0 Å². The van der Waals surface area contributed by atoms with Crippen LogP contribution in [0, 0.1) is 0 Å². The Labute approximate surface area is 127 Å². The van der Waals surface area contributed by atoms with Gasteiger partial charge in [0.2, 0.25) is 0 Å². The molecular weight excluding hydrogens is 260 g/mol. The quantitative estimate of drug-likeness (QED) is 0.884. The fraction of sp³-hybridized carbons (Fsp3) is 0.588. The standard InChI is InChI=1S/C17H26N4/c1-18-10-9-17-19-15-7-3-4-8-16(15)21(17)14-13-20-11-5-2-6-12-20/h3-4,7-8,18H,2,5-6,9-14H2,1H3. The van der Waals surface area contributed by atoms with Crippen LogP contribution in [0.25, 0.3) is 11.0 Å². The van der Waals surface area contributed by atoms with Crippen molar-refractivity contribution in [3.05, 3.63) is 30.1 Å². The second-order valence-electron chi connectivity index (χ2n) is 5.92. The lowest BCUT2D eigenvalue weighted by molar-refractivity contribution is 0.221. The number of fused-ring (bicyclic) bond motifs is 1. The lowest BCUT2D eigenvalue weighted by atomic mass is 10.1. The van der Waals surface area contributed by atoms with Crippen LogP contribution in [0.3, 0.4) is 0 Å². The molecular formula is C17H26N4. The Morgan fingerprint density at radius 3 is 2.71 bits per heavy atom. The maximum atomic E-state index is 4.82. The summed E-state index contributed by atoms with van der Waals surface area (Å²) < 4.78 is 2.42. The molecule has 114 valence electrons. The highest BCUT2D eigenvalue weighted by Gasteiger charge is 2.13. The SMILES string of the molecule is CNCCc1nc2ccccc2n1CCN1CCCCC1. The lowest BCUT2D eigenvalue weighted by Crippen LogP contribution is -2.33. The highest BCUT2D eigenvalue weighted by Crippen LogP contribution is 2.17. The average Bonchev–Trinajstić information content (AvgIpc) is 2.89. The number of piperidine rings is 1. The molecule has 0 unspecified atom stereocenters. The summed E-state index contributed by atoms with van der Waals surface area (Å²) >= 11 is 0. The fourth-order valence-electron chi connectivity index (χ4n) is 3.23. The Morgan fingerprint density at radius 1 is 1.10 bits per heavy atom. The van der Waals surface area contributed by atoms with Crippen LogP contribution in [0.1, 0.15) is 25.1 Å². The number of rotatable bonds is 6. The van der Waals surface area contributed by atoms with E-state index in [1.54, 1.807) is 0 Å². The third-order valence-corrected chi connectivity index (χ3v) is 4.42. The first-order valence-corrected chi connectivity index (χ1v) is 8.19. The van der Waals surface area contributed by atoms with E-state index in [0.29, 0.717) is 0 Å². The zero-order chi connectivity index (χ0) is 14.5. The number of hydrogen-bond acceptors (Lipinski definition) is 3. The Morgan fingerprint density at radius 2 is 1.90 bits per heavy atom. The normalized spacial score (nSPS) is 16.6. The zero-order valence-corrected chi connectivity index (χ0v) is 13.0. The van der Waals surface area contributed by atoms with E-state index >= 15 is 0 Å². The third kappa shape index (κ3) is 3.44. The van der Waals surface area contributed by atoms with Crippen molar-refractivity contribution in [2.24, 2.45) is 0 Å². The molecule has 2 heterocycles. The number of nitrogens with one attached hydrogen (secondary N) is 1. The Bertz CT molecular complexity index is 569. The van der Waals surface area contributed by atoms with Crippen molar-refractivity contribution in [3.8, 4) is 0 Å². The first kappa shape index (κ1) is 14.5. The van der Waals surface area contributed by atoms with Gasteiger partial charge in [0.05, 0.1) is 11.0 Å². The van der Waals surface area contributed by atoms with E-state index in [9.17, 15) is 0 Å². The first-order chi connectivity index (χ1) is 10.4. The van der Waals surface area contributed by atoms with Crippen LogP contribution >= 0.6 is 0 Å². The van der Waals surface area contributed by atoms with Crippen LogP contribution in [-0.4, -0.2) is 47.7 Å². The van der Waals surface area contributed by atoms with Crippen LogP contribution < -0.4 is 5.32 Å². The van der Waals surface area contributed by atoms with Gasteiger partial charge in [-0.15, -0.1) is 0 Å². The van der Waals surface area contributed by atoms with Gasteiger partial charge in [0.25, 0.3) is 0 Å². The van der Waals surface area contributed by atoms with Crippen LogP contribution in [-0.2, 0) is 13.0 Å². The smallest absolute Gasteiger partial charge is 0.111 e. The monoisotopic (exact) mass is 286 g/mol. The highest BCUT2D eigenvalue weighted by molar-refractivity contribution is 5.75. The molecule has 21 heavy (non-hydrogen) atoms. The van der Waals surface area contributed by atoms with Crippen molar-refractivity contribution in [1.29, 1.82) is 0 Å². The first-order valence-electron chi connectivity index (χ1n) is 8.19. The molecule has 0 radical (unpaired) electrons. The second-order valence-corrected chi connectivity index (χ2v) is 5.92. The van der Waals surface area contributed by atoms with Gasteiger partial charge in [-0.1, -0.05) is 18.6 Å². The molecule has 0 aliphatic carbocycles. The predicted molar refractivity (Wildman–Crippen MR) is 87.7 cm³/mol. The van der Waals surface area contributed by atoms with E-state index < -0.39 is 0 Å². The van der Waals surface area contributed by atoms with Crippen molar-refractivity contribution in [2.75, 3.05) is 33.2 Å². The predicted octanol–water partition coefficient (Wildman–Crippen LogP) is 2.28. The van der Waals surface area contributed by atoms with Gasteiger partial charge in [-0.25, -0.2) is 4.98 Å². The maximum Gasteiger partial charge on any atom is 0.111 e. The summed E-state index contributed by atoms with van der Waals surface area (Å²) in [7, 11) is 2.00. The number of hydrogen-bond donors (Lipinski definition) is 1. The molecule has 2 aromatic rings. The molecule has 1 aromatic heterocycles. The van der Waals surface area contributed by atoms with E-state index in [1.807, 2.05) is 7.05 Å². The molecule has 0 bridgehead atoms. The molecule has 0 spiro atoms. The van der Waals surface area contributed by atoms with Gasteiger partial charge >= 0.3 is 0 Å². The van der Waals surface area contributed by atoms with Crippen molar-refractivity contribution in [2.45, 2.75) is 32.2 Å². The van der Waals surface area contributed by atoms with Gasteiger partial charge in [0.15, 0.2) is 0 Å². The van der Waals surface area contributed by atoms with Crippen LogP contribution in [0.4, 0.5) is 0 Å². The third-order valence-electron chi connectivity index (χ3n) is 4.42. The number of likely N-dealkylation sites (tertiary alicyclic amines) is 1. The van der Waals surface area contributed by atoms with E-state index in [1.165, 1.54) is 43.7 Å². The van der Waals surface area contributed by atoms with E-state index in [4.69, 9.17) is 4.98 Å². The van der Waals surface area contributed by atoms with Gasteiger partial charge < -0.3 is 14.8 Å². The van der Waals surface area contributed by atoms with Gasteiger partial charge in [-0.05, 0) is 45.1 Å². The number of imidazole rings is 1. The van der Waals surface area contributed by atoms with Crippen LogP contribution in [0.5, 0.6) is 0 Å². The van der Waals surface area contributed by atoms with Crippen molar-refractivity contribution >= 4 is 11.0 Å². The van der Waals surface area contributed by atoms with Crippen molar-refractivity contribution in [3.63, 3.8) is 0 Å². The summed E-state index contributed by atoms with van der Waals surface area (Å²) in [4.78, 5) is 7.42. The van der Waals surface area contributed by atoms with E-state index in [2.05, 4.69) is 39.0 Å². The molecule has 0 saturated carbocycles. The summed E-state index contributed by atoms with van der Waals surface area (Å²) in [6.07, 6.45) is 5.11. The Kier molecular flexibility index (Phi) is 4.88. The number of benzene rings is 1. The molecule has 4 nitrogen and oxygen atoms in total. The molecule has 4 heteroatoms. The largest absolute Gasteiger partial charge is 0.327 e. The fourth-order valence-corrected chi connectivity index (χ4v) is 3.23. The van der Waals surface area contributed by atoms with Gasteiger partial charge in [0, 0.05) is 26.1 Å². The number of likely N-dealkylation sites (N-methyl/N-ethyl adjacent to an activating group) is 1. The van der Waals surface area contributed by atoms with E-state index in [0.717, 1.165) is 31.6 Å². The molecule has 1 aliphatic rings. The molecule has 0 atom stereocenters. The number of para-hydroxylation sites is 2. The summed E-state index contributed by atoms with van der Waals surface area (Å²) in [6, 6.07) is 8.51. The number of aromatic nitrogens is 2. The molecule has 3 rings (SSSR count). The van der Waals surface area contributed by atoms with E-state index in [-0.39, 0.29) is 0 Å². The second kappa shape index (κ2) is 7.05. The van der Waals surface area contributed by atoms with Crippen molar-refractivity contribution in [1.82, 2.24) is 19.8 Å². The minimum absolute atomic E-state index is 0.979. The zero-order valence-electron chi connectivity index (χ0n) is 13.0. The maximum absolute atomic E-state index is 4.82. The van der Waals surface area contributed by atoms with Gasteiger partial charge in [-0.3, -0.25) is 0 Å². The highest BCUT2D eigenvalue weighted by atomic mass is 15.2. The summed E-state index contributed by atoms with van der Waals surface area (Å²) in [5, 5.41) is 3.23. The number of nitrogens with zero attached hydrogens (tertiary/aromatic N) is 3. The summed E-state index contributed by atoms with van der Waals surface area (Å²) in [5.41, 5.74) is 2.41. The Hall–Kier alpha value is -1.39. The molecule has 1 aromatic carbocycles. The summed E-state index contributed by atoms with van der Waals surface area (Å²) in [6.45, 7) is 5.70. The van der Waals surface area contributed by atoms with Gasteiger partial charge in [-0.2, -0.15) is 0 Å². The minimum atomic E-state index is 0.979. The minimum Gasteiger partial charge on any atom is -0.327 e. The van der Waals surface area contributed by atoms with Gasteiger partial charge in [0.1, 0.15) is 5.82 Å². The molecule has 1 N–H and O–H groups in total. The topological polar surface area (TPSA) is 33.1 Å². The van der Waals surface area contributed by atoms with Crippen LogP contribution in [0.2, 0.25) is 0 Å². The molecule has 1 saturated heterocycles. The molecule has 0 amide bonds. The average molecular weight is 286 g/mol.